The fourth-order valence-electron chi connectivity index (χ4n) is 1.74. The molecule has 0 amide bonds. The monoisotopic (exact) mass is 202 g/mol. The van der Waals surface area contributed by atoms with Gasteiger partial charge in [-0.2, -0.15) is 0 Å². The number of aliphatic carboxylic acids is 1. The number of rotatable bonds is 6. The van der Waals surface area contributed by atoms with Crippen molar-refractivity contribution in [3.63, 3.8) is 0 Å². The van der Waals surface area contributed by atoms with Crippen molar-refractivity contribution in [1.29, 1.82) is 0 Å². The largest absolute Gasteiger partial charge is 0.480 e. The number of hydrogen-bond donors (Lipinski definition) is 2. The van der Waals surface area contributed by atoms with E-state index in [1.807, 2.05) is 4.90 Å². The van der Waals surface area contributed by atoms with Gasteiger partial charge in [-0.25, -0.2) is 0 Å². The Kier molecular flexibility index (Phi) is 4.86. The first kappa shape index (κ1) is 11.4. The van der Waals surface area contributed by atoms with Gasteiger partial charge in [-0.3, -0.25) is 9.69 Å². The summed E-state index contributed by atoms with van der Waals surface area (Å²) in [5.41, 5.74) is 5.27. The molecule has 0 aromatic rings. The van der Waals surface area contributed by atoms with Crippen molar-refractivity contribution >= 4 is 5.97 Å². The third-order valence-corrected chi connectivity index (χ3v) is 2.43. The Balaban J connectivity index is 2.19. The van der Waals surface area contributed by atoms with Crippen LogP contribution >= 0.6 is 0 Å². The van der Waals surface area contributed by atoms with E-state index in [4.69, 9.17) is 15.6 Å². The number of carboxylic acids is 1. The Bertz CT molecular complexity index is 187. The lowest BCUT2D eigenvalue weighted by Crippen LogP contribution is -2.38. The summed E-state index contributed by atoms with van der Waals surface area (Å²) in [5.74, 6) is -0.721. The molecule has 1 rings (SSSR count). The zero-order valence-corrected chi connectivity index (χ0v) is 8.32. The minimum absolute atomic E-state index is 0.309. The normalized spacial score (nSPS) is 22.8. The molecule has 1 aliphatic rings. The van der Waals surface area contributed by atoms with Gasteiger partial charge in [0.25, 0.3) is 0 Å². The number of likely N-dealkylation sites (tertiary alicyclic amines) is 1. The molecule has 82 valence electrons. The highest BCUT2D eigenvalue weighted by atomic mass is 16.5. The number of hydrogen-bond acceptors (Lipinski definition) is 4. The molecule has 0 saturated carbocycles. The highest BCUT2D eigenvalue weighted by molar-refractivity contribution is 5.73. The van der Waals surface area contributed by atoms with Gasteiger partial charge in [0.2, 0.25) is 0 Å². The predicted octanol–water partition coefficient (Wildman–Crippen LogP) is -0.489. The molecule has 0 aromatic carbocycles. The molecule has 5 heteroatoms. The number of nitrogens with two attached hydrogens (primary N) is 1. The predicted molar refractivity (Wildman–Crippen MR) is 52.1 cm³/mol. The molecule has 1 saturated heterocycles. The Morgan fingerprint density at radius 3 is 3.00 bits per heavy atom. The smallest absolute Gasteiger partial charge is 0.320 e. The van der Waals surface area contributed by atoms with E-state index in [9.17, 15) is 4.79 Å². The molecule has 1 atom stereocenters. The van der Waals surface area contributed by atoms with Crippen LogP contribution in [0.25, 0.3) is 0 Å². The summed E-state index contributed by atoms with van der Waals surface area (Å²) in [6.07, 6.45) is 1.72. The maximum atomic E-state index is 10.8. The third kappa shape index (κ3) is 3.25. The summed E-state index contributed by atoms with van der Waals surface area (Å²) in [7, 11) is 0. The number of nitrogens with zero attached hydrogens (tertiary/aromatic N) is 1. The first-order chi connectivity index (χ1) is 6.75. The molecule has 1 aliphatic heterocycles. The van der Waals surface area contributed by atoms with Crippen molar-refractivity contribution in [2.24, 2.45) is 5.73 Å². The van der Waals surface area contributed by atoms with Crippen molar-refractivity contribution in [1.82, 2.24) is 4.90 Å². The van der Waals surface area contributed by atoms with Gasteiger partial charge < -0.3 is 15.6 Å². The molecule has 3 N–H and O–H groups in total. The summed E-state index contributed by atoms with van der Waals surface area (Å²) >= 11 is 0. The zero-order chi connectivity index (χ0) is 10.4. The highest BCUT2D eigenvalue weighted by Gasteiger charge is 2.29. The van der Waals surface area contributed by atoms with E-state index in [1.165, 1.54) is 0 Å². The van der Waals surface area contributed by atoms with Crippen LogP contribution in [0.1, 0.15) is 12.8 Å². The van der Waals surface area contributed by atoms with E-state index >= 15 is 0 Å². The molecule has 1 heterocycles. The van der Waals surface area contributed by atoms with E-state index in [2.05, 4.69) is 0 Å². The minimum atomic E-state index is -0.721. The Morgan fingerprint density at radius 1 is 1.57 bits per heavy atom. The second-order valence-corrected chi connectivity index (χ2v) is 3.43. The number of carbonyl (C=O) groups is 1. The molecular weight excluding hydrogens is 184 g/mol. The Hall–Kier alpha value is -0.650. The van der Waals surface area contributed by atoms with Crippen LogP contribution in [-0.4, -0.2) is 54.9 Å². The van der Waals surface area contributed by atoms with Crippen molar-refractivity contribution in [3.8, 4) is 0 Å². The molecule has 5 nitrogen and oxygen atoms in total. The minimum Gasteiger partial charge on any atom is -0.480 e. The van der Waals surface area contributed by atoms with Crippen LogP contribution in [0.15, 0.2) is 0 Å². The third-order valence-electron chi connectivity index (χ3n) is 2.43. The maximum Gasteiger partial charge on any atom is 0.320 e. The van der Waals surface area contributed by atoms with E-state index in [1.54, 1.807) is 0 Å². The van der Waals surface area contributed by atoms with Crippen LogP contribution < -0.4 is 5.73 Å². The van der Waals surface area contributed by atoms with E-state index in [0.717, 1.165) is 19.4 Å². The fourth-order valence-corrected chi connectivity index (χ4v) is 1.74. The van der Waals surface area contributed by atoms with Gasteiger partial charge in [0.1, 0.15) is 6.04 Å². The van der Waals surface area contributed by atoms with Gasteiger partial charge >= 0.3 is 5.97 Å². The molecule has 0 aliphatic carbocycles. The fraction of sp³-hybridized carbons (Fsp3) is 0.889. The Labute approximate surface area is 83.8 Å². The van der Waals surface area contributed by atoms with Crippen LogP contribution in [-0.2, 0) is 9.53 Å². The van der Waals surface area contributed by atoms with Gasteiger partial charge in [-0.05, 0) is 19.4 Å². The van der Waals surface area contributed by atoms with Crippen LogP contribution in [0, 0.1) is 0 Å². The molecule has 0 unspecified atom stereocenters. The molecule has 0 bridgehead atoms. The number of carboxylic acid groups (broad SMARTS) is 1. The standard InChI is InChI=1S/C9H18N2O3/c10-3-6-14-7-5-11-4-1-2-8(11)9(12)13/h8H,1-7,10H2,(H,12,13)/t8-/m0/s1. The summed E-state index contributed by atoms with van der Waals surface area (Å²) < 4.78 is 5.21. The van der Waals surface area contributed by atoms with E-state index in [-0.39, 0.29) is 6.04 Å². The summed E-state index contributed by atoms with van der Waals surface area (Å²) in [5, 5.41) is 8.88. The van der Waals surface area contributed by atoms with Gasteiger partial charge in [0.15, 0.2) is 0 Å². The van der Waals surface area contributed by atoms with Gasteiger partial charge in [0.05, 0.1) is 13.2 Å². The van der Waals surface area contributed by atoms with Crippen LogP contribution in [0.2, 0.25) is 0 Å². The van der Waals surface area contributed by atoms with E-state index < -0.39 is 5.97 Å². The highest BCUT2D eigenvalue weighted by Crippen LogP contribution is 2.16. The maximum absolute atomic E-state index is 10.8. The SMILES string of the molecule is NCCOCCN1CCC[C@H]1C(=O)O. The van der Waals surface area contributed by atoms with E-state index in [0.29, 0.717) is 26.3 Å². The molecule has 0 radical (unpaired) electrons. The first-order valence-corrected chi connectivity index (χ1v) is 5.00. The van der Waals surface area contributed by atoms with Crippen LogP contribution in [0.4, 0.5) is 0 Å². The van der Waals surface area contributed by atoms with Gasteiger partial charge in [0, 0.05) is 13.1 Å². The number of ether oxygens (including phenoxy) is 1. The average molecular weight is 202 g/mol. The van der Waals surface area contributed by atoms with Crippen molar-refractivity contribution in [3.05, 3.63) is 0 Å². The lowest BCUT2D eigenvalue weighted by Gasteiger charge is -2.20. The topological polar surface area (TPSA) is 75.8 Å². The molecule has 14 heavy (non-hydrogen) atoms. The Morgan fingerprint density at radius 2 is 2.36 bits per heavy atom. The lowest BCUT2D eigenvalue weighted by molar-refractivity contribution is -0.142. The zero-order valence-electron chi connectivity index (χ0n) is 8.32. The second-order valence-electron chi connectivity index (χ2n) is 3.43. The van der Waals surface area contributed by atoms with Crippen molar-refractivity contribution < 1.29 is 14.6 Å². The van der Waals surface area contributed by atoms with Crippen LogP contribution in [0.3, 0.4) is 0 Å². The van der Waals surface area contributed by atoms with Crippen molar-refractivity contribution in [2.75, 3.05) is 32.8 Å². The molecular formula is C9H18N2O3. The average Bonchev–Trinajstić information content (AvgIpc) is 2.60. The molecule has 1 fully saturated rings. The molecule has 0 spiro atoms. The first-order valence-electron chi connectivity index (χ1n) is 5.00. The van der Waals surface area contributed by atoms with Crippen molar-refractivity contribution in [2.45, 2.75) is 18.9 Å². The molecule has 0 aromatic heterocycles. The second kappa shape index (κ2) is 5.95. The summed E-state index contributed by atoms with van der Waals surface area (Å²) in [4.78, 5) is 12.8. The van der Waals surface area contributed by atoms with Gasteiger partial charge in [-0.15, -0.1) is 0 Å². The van der Waals surface area contributed by atoms with Crippen LogP contribution in [0.5, 0.6) is 0 Å². The van der Waals surface area contributed by atoms with Gasteiger partial charge in [-0.1, -0.05) is 0 Å². The summed E-state index contributed by atoms with van der Waals surface area (Å²) in [6, 6.07) is -0.309. The lowest BCUT2D eigenvalue weighted by atomic mass is 10.2. The quantitative estimate of drug-likeness (QED) is 0.568. The summed E-state index contributed by atoms with van der Waals surface area (Å²) in [6.45, 7) is 3.19.